The molecule has 0 radical (unpaired) electrons. The van der Waals surface area contributed by atoms with Gasteiger partial charge in [0, 0.05) is 25.7 Å². The lowest BCUT2D eigenvalue weighted by Gasteiger charge is -2.29. The maximum atomic E-state index is 5.96. The van der Waals surface area contributed by atoms with Crippen LogP contribution in [0.1, 0.15) is 51.9 Å². The first-order valence-corrected chi connectivity index (χ1v) is 8.26. The Balaban J connectivity index is 2.17. The van der Waals surface area contributed by atoms with E-state index in [0.29, 0.717) is 6.04 Å². The van der Waals surface area contributed by atoms with Gasteiger partial charge < -0.3 is 15.5 Å². The van der Waals surface area contributed by atoms with Crippen LogP contribution in [0.5, 0.6) is 0 Å². The molecule has 2 atom stereocenters. The Bertz CT molecular complexity index is 220. The SMILES string of the molecule is CCCCCCCC(CN)N(C)CC1CCN(C)C1. The van der Waals surface area contributed by atoms with Gasteiger partial charge in [-0.1, -0.05) is 39.0 Å². The second kappa shape index (κ2) is 9.73. The summed E-state index contributed by atoms with van der Waals surface area (Å²) in [6.45, 7) is 6.84. The minimum Gasteiger partial charge on any atom is -0.329 e. The summed E-state index contributed by atoms with van der Waals surface area (Å²) >= 11 is 0. The molecule has 0 spiro atoms. The van der Waals surface area contributed by atoms with Gasteiger partial charge in [0.1, 0.15) is 0 Å². The third kappa shape index (κ3) is 6.73. The fourth-order valence-electron chi connectivity index (χ4n) is 3.23. The molecule has 0 amide bonds. The first kappa shape index (κ1) is 16.9. The molecule has 19 heavy (non-hydrogen) atoms. The van der Waals surface area contributed by atoms with Crippen molar-refractivity contribution in [2.45, 2.75) is 57.9 Å². The highest BCUT2D eigenvalue weighted by Crippen LogP contribution is 2.17. The van der Waals surface area contributed by atoms with Crippen LogP contribution >= 0.6 is 0 Å². The van der Waals surface area contributed by atoms with E-state index in [1.165, 1.54) is 64.6 Å². The van der Waals surface area contributed by atoms with Crippen LogP contribution in [0.4, 0.5) is 0 Å². The van der Waals surface area contributed by atoms with E-state index in [0.717, 1.165) is 12.5 Å². The van der Waals surface area contributed by atoms with Gasteiger partial charge in [0.2, 0.25) is 0 Å². The van der Waals surface area contributed by atoms with Crippen molar-refractivity contribution < 1.29 is 0 Å². The van der Waals surface area contributed by atoms with E-state index in [-0.39, 0.29) is 0 Å². The summed E-state index contributed by atoms with van der Waals surface area (Å²) in [4.78, 5) is 4.96. The lowest BCUT2D eigenvalue weighted by atomic mass is 10.0. The van der Waals surface area contributed by atoms with Gasteiger partial charge in [-0.2, -0.15) is 0 Å². The molecular formula is C16H35N3. The quantitative estimate of drug-likeness (QED) is 0.619. The fourth-order valence-corrected chi connectivity index (χ4v) is 3.23. The van der Waals surface area contributed by atoms with Crippen molar-refractivity contribution in [2.24, 2.45) is 11.7 Å². The van der Waals surface area contributed by atoms with Crippen LogP contribution in [-0.2, 0) is 0 Å². The molecule has 3 heteroatoms. The van der Waals surface area contributed by atoms with E-state index in [4.69, 9.17) is 5.73 Å². The van der Waals surface area contributed by atoms with Crippen LogP contribution in [0.15, 0.2) is 0 Å². The number of nitrogens with zero attached hydrogens (tertiary/aromatic N) is 2. The Morgan fingerprint density at radius 1 is 1.26 bits per heavy atom. The molecule has 3 nitrogen and oxygen atoms in total. The molecule has 1 aliphatic heterocycles. The number of likely N-dealkylation sites (tertiary alicyclic amines) is 1. The zero-order valence-corrected chi connectivity index (χ0v) is 13.4. The molecule has 0 aromatic rings. The fraction of sp³-hybridized carbons (Fsp3) is 1.00. The molecule has 0 aromatic carbocycles. The van der Waals surface area contributed by atoms with Crippen LogP contribution in [0, 0.1) is 5.92 Å². The van der Waals surface area contributed by atoms with Gasteiger partial charge in [-0.15, -0.1) is 0 Å². The molecular weight excluding hydrogens is 234 g/mol. The molecule has 0 bridgehead atoms. The van der Waals surface area contributed by atoms with Crippen molar-refractivity contribution in [3.63, 3.8) is 0 Å². The summed E-state index contributed by atoms with van der Waals surface area (Å²) in [7, 11) is 4.50. The molecule has 114 valence electrons. The lowest BCUT2D eigenvalue weighted by Crippen LogP contribution is -2.41. The molecule has 0 saturated carbocycles. The van der Waals surface area contributed by atoms with Crippen molar-refractivity contribution in [1.82, 2.24) is 9.80 Å². The highest BCUT2D eigenvalue weighted by Gasteiger charge is 2.23. The average Bonchev–Trinajstić information content (AvgIpc) is 2.79. The largest absolute Gasteiger partial charge is 0.329 e. The Morgan fingerprint density at radius 2 is 2.00 bits per heavy atom. The van der Waals surface area contributed by atoms with E-state index < -0.39 is 0 Å². The molecule has 2 N–H and O–H groups in total. The minimum absolute atomic E-state index is 0.590. The van der Waals surface area contributed by atoms with E-state index in [1.54, 1.807) is 0 Å². The van der Waals surface area contributed by atoms with Gasteiger partial charge in [0.15, 0.2) is 0 Å². The number of rotatable bonds is 10. The van der Waals surface area contributed by atoms with E-state index in [9.17, 15) is 0 Å². The van der Waals surface area contributed by atoms with Crippen LogP contribution in [0.2, 0.25) is 0 Å². The first-order valence-electron chi connectivity index (χ1n) is 8.26. The molecule has 0 aliphatic carbocycles. The van der Waals surface area contributed by atoms with Crippen molar-refractivity contribution in [3.8, 4) is 0 Å². The van der Waals surface area contributed by atoms with Gasteiger partial charge in [0.05, 0.1) is 0 Å². The second-order valence-corrected chi connectivity index (χ2v) is 6.45. The molecule has 0 aromatic heterocycles. The summed E-state index contributed by atoms with van der Waals surface area (Å²) < 4.78 is 0. The second-order valence-electron chi connectivity index (χ2n) is 6.45. The minimum atomic E-state index is 0.590. The molecule has 1 heterocycles. The summed E-state index contributed by atoms with van der Waals surface area (Å²) in [5.41, 5.74) is 5.96. The number of likely N-dealkylation sites (N-methyl/N-ethyl adjacent to an activating group) is 1. The molecule has 1 fully saturated rings. The van der Waals surface area contributed by atoms with Crippen molar-refractivity contribution in [3.05, 3.63) is 0 Å². The monoisotopic (exact) mass is 269 g/mol. The average molecular weight is 269 g/mol. The van der Waals surface area contributed by atoms with E-state index >= 15 is 0 Å². The van der Waals surface area contributed by atoms with Gasteiger partial charge in [0.25, 0.3) is 0 Å². The van der Waals surface area contributed by atoms with Crippen LogP contribution in [0.3, 0.4) is 0 Å². The Hall–Kier alpha value is -0.120. The molecule has 2 unspecified atom stereocenters. The summed E-state index contributed by atoms with van der Waals surface area (Å²) in [6, 6.07) is 0.590. The Morgan fingerprint density at radius 3 is 2.58 bits per heavy atom. The van der Waals surface area contributed by atoms with Crippen molar-refractivity contribution in [2.75, 3.05) is 40.3 Å². The summed E-state index contributed by atoms with van der Waals surface area (Å²) in [6.07, 6.45) is 9.47. The zero-order chi connectivity index (χ0) is 14.1. The number of unbranched alkanes of at least 4 members (excludes halogenated alkanes) is 4. The molecule has 1 aliphatic rings. The normalized spacial score (nSPS) is 22.3. The lowest BCUT2D eigenvalue weighted by molar-refractivity contribution is 0.198. The smallest absolute Gasteiger partial charge is 0.0215 e. The van der Waals surface area contributed by atoms with Crippen molar-refractivity contribution >= 4 is 0 Å². The summed E-state index contributed by atoms with van der Waals surface area (Å²) in [5, 5.41) is 0. The standard InChI is InChI=1S/C16H35N3/c1-4-5-6-7-8-9-16(12-17)19(3)14-15-10-11-18(2)13-15/h15-16H,4-14,17H2,1-3H3. The van der Waals surface area contributed by atoms with Crippen LogP contribution in [-0.4, -0.2) is 56.1 Å². The van der Waals surface area contributed by atoms with Crippen LogP contribution < -0.4 is 5.73 Å². The van der Waals surface area contributed by atoms with E-state index in [1.807, 2.05) is 0 Å². The van der Waals surface area contributed by atoms with Crippen LogP contribution in [0.25, 0.3) is 0 Å². The highest BCUT2D eigenvalue weighted by atomic mass is 15.2. The Labute approximate surface area is 120 Å². The first-order chi connectivity index (χ1) is 9.17. The van der Waals surface area contributed by atoms with Gasteiger partial charge in [-0.05, 0) is 39.4 Å². The predicted molar refractivity (Wildman–Crippen MR) is 84.5 cm³/mol. The highest BCUT2D eigenvalue weighted by molar-refractivity contribution is 4.78. The van der Waals surface area contributed by atoms with Gasteiger partial charge in [-0.3, -0.25) is 0 Å². The maximum absolute atomic E-state index is 5.96. The maximum Gasteiger partial charge on any atom is 0.0215 e. The predicted octanol–water partition coefficient (Wildman–Crippen LogP) is 2.56. The zero-order valence-electron chi connectivity index (χ0n) is 13.4. The topological polar surface area (TPSA) is 32.5 Å². The number of hydrogen-bond donors (Lipinski definition) is 1. The van der Waals surface area contributed by atoms with E-state index in [2.05, 4.69) is 30.8 Å². The van der Waals surface area contributed by atoms with Crippen molar-refractivity contribution in [1.29, 1.82) is 0 Å². The Kier molecular flexibility index (Phi) is 8.67. The third-order valence-electron chi connectivity index (χ3n) is 4.57. The van der Waals surface area contributed by atoms with Gasteiger partial charge in [-0.25, -0.2) is 0 Å². The third-order valence-corrected chi connectivity index (χ3v) is 4.57. The summed E-state index contributed by atoms with van der Waals surface area (Å²) in [5.74, 6) is 0.851. The molecule has 1 rings (SSSR count). The van der Waals surface area contributed by atoms with Gasteiger partial charge >= 0.3 is 0 Å². The number of nitrogens with two attached hydrogens (primary N) is 1. The number of hydrogen-bond acceptors (Lipinski definition) is 3. The molecule has 1 saturated heterocycles.